The third-order valence-electron chi connectivity index (χ3n) is 0.187. The fraction of sp³-hybridized carbons (Fsp3) is 0.500. The number of nitrogens with two attached hydrogens (primary N) is 1. The van der Waals surface area contributed by atoms with Crippen molar-refractivity contribution < 1.29 is 0 Å². The fourth-order valence-corrected chi connectivity index (χ4v) is 0.141. The summed E-state index contributed by atoms with van der Waals surface area (Å²) >= 11 is 3.49. The molecule has 0 saturated heterocycles. The van der Waals surface area contributed by atoms with E-state index in [4.69, 9.17) is 5.73 Å². The lowest BCUT2D eigenvalue weighted by atomic mass is 10.8. The summed E-state index contributed by atoms with van der Waals surface area (Å²) < 4.78 is 3.30. The van der Waals surface area contributed by atoms with E-state index in [2.05, 4.69) is 17.2 Å². The smallest absolute Gasteiger partial charge is 0.0290 e. The average molecular weight is 90.2 g/mol. The van der Waals surface area contributed by atoms with Gasteiger partial charge in [-0.25, -0.2) is 4.40 Å². The highest BCUT2D eigenvalue weighted by Crippen LogP contribution is 1.62. The van der Waals surface area contributed by atoms with Crippen molar-refractivity contribution in [2.24, 2.45) is 10.1 Å². The first kappa shape index (κ1) is 4.98. The molecule has 0 aliphatic carbocycles. The average Bonchev–Trinajstić information content (AvgIpc) is 1.41. The molecule has 0 heterocycles. The summed E-state index contributed by atoms with van der Waals surface area (Å²) in [5.41, 5.74) is 4.94. The van der Waals surface area contributed by atoms with Crippen LogP contribution in [0.25, 0.3) is 0 Å². The predicted octanol–water partition coefficient (Wildman–Crippen LogP) is -0.139. The molecular formula is C2H6N2S. The molecule has 5 heavy (non-hydrogen) atoms. The number of rotatable bonds is 1. The molecule has 0 aliphatic heterocycles. The molecule has 30 valence electrons. The Hall–Kier alpha value is -0.0200. The minimum Gasteiger partial charge on any atom is -0.326 e. The van der Waals surface area contributed by atoms with Gasteiger partial charge in [0.25, 0.3) is 0 Å². The minimum absolute atomic E-state index is 0.476. The van der Waals surface area contributed by atoms with Crippen molar-refractivity contribution in [2.75, 3.05) is 6.54 Å². The van der Waals surface area contributed by atoms with Gasteiger partial charge in [-0.15, -0.1) is 0 Å². The zero-order chi connectivity index (χ0) is 4.12. The van der Waals surface area contributed by atoms with E-state index in [9.17, 15) is 0 Å². The molecule has 0 aromatic rings. The number of nitrogens with zero attached hydrogens (tertiary/aromatic N) is 1. The number of hydrogen-bond acceptors (Lipinski definition) is 3. The predicted molar refractivity (Wildman–Crippen MR) is 26.5 cm³/mol. The van der Waals surface area contributed by atoms with E-state index in [0.29, 0.717) is 6.54 Å². The maximum Gasteiger partial charge on any atom is 0.0290 e. The zero-order valence-corrected chi connectivity index (χ0v) is 3.65. The standard InChI is InChI=1S/C2H6N2S/c3-1-2-4-5/h2,5H,1,3H2. The Bertz CT molecular complexity index is 34.6. The lowest BCUT2D eigenvalue weighted by Gasteiger charge is -1.66. The van der Waals surface area contributed by atoms with Crippen molar-refractivity contribution in [3.63, 3.8) is 0 Å². The molecular weight excluding hydrogens is 84.1 g/mol. The Morgan fingerprint density at radius 3 is 2.60 bits per heavy atom. The van der Waals surface area contributed by atoms with Crippen molar-refractivity contribution in [1.82, 2.24) is 0 Å². The second-order valence-corrected chi connectivity index (χ2v) is 0.765. The summed E-state index contributed by atoms with van der Waals surface area (Å²) in [5, 5.41) is 0. The lowest BCUT2D eigenvalue weighted by Crippen LogP contribution is -1.97. The van der Waals surface area contributed by atoms with Crippen LogP contribution in [0.3, 0.4) is 0 Å². The molecule has 3 heteroatoms. The van der Waals surface area contributed by atoms with E-state index in [0.717, 1.165) is 0 Å². The lowest BCUT2D eigenvalue weighted by molar-refractivity contribution is 1.34. The molecule has 0 aliphatic rings. The molecule has 2 N–H and O–H groups in total. The van der Waals surface area contributed by atoms with Gasteiger partial charge in [0.15, 0.2) is 0 Å². The van der Waals surface area contributed by atoms with Gasteiger partial charge in [0.05, 0.1) is 0 Å². The van der Waals surface area contributed by atoms with Crippen LogP contribution in [-0.2, 0) is 0 Å². The highest BCUT2D eigenvalue weighted by Gasteiger charge is 1.52. The second-order valence-electron chi connectivity index (χ2n) is 0.534. The van der Waals surface area contributed by atoms with E-state index in [-0.39, 0.29) is 0 Å². The summed E-state index contributed by atoms with van der Waals surface area (Å²) in [6.45, 7) is 0.476. The molecule has 0 saturated carbocycles. The maximum absolute atomic E-state index is 4.94. The summed E-state index contributed by atoms with van der Waals surface area (Å²) in [6.07, 6.45) is 1.52. The largest absolute Gasteiger partial charge is 0.326 e. The molecule has 0 unspecified atom stereocenters. The summed E-state index contributed by atoms with van der Waals surface area (Å²) in [7, 11) is 0. The topological polar surface area (TPSA) is 38.4 Å². The molecule has 0 rings (SSSR count). The fourth-order valence-electron chi connectivity index (χ4n) is 0.0471. The SMILES string of the molecule is NCC=NS. The van der Waals surface area contributed by atoms with E-state index in [1.54, 1.807) is 0 Å². The third-order valence-corrected chi connectivity index (χ3v) is 0.350. The van der Waals surface area contributed by atoms with Crippen LogP contribution in [0.4, 0.5) is 0 Å². The zero-order valence-electron chi connectivity index (χ0n) is 2.76. The third kappa shape index (κ3) is 3.98. The van der Waals surface area contributed by atoms with Gasteiger partial charge in [0.1, 0.15) is 0 Å². The maximum atomic E-state index is 4.94. The monoisotopic (exact) mass is 90.0 g/mol. The van der Waals surface area contributed by atoms with Crippen molar-refractivity contribution in [3.05, 3.63) is 0 Å². The molecule has 0 radical (unpaired) electrons. The summed E-state index contributed by atoms with van der Waals surface area (Å²) in [6, 6.07) is 0. The van der Waals surface area contributed by atoms with E-state index < -0.39 is 0 Å². The Morgan fingerprint density at radius 2 is 2.60 bits per heavy atom. The van der Waals surface area contributed by atoms with Gasteiger partial charge in [-0.2, -0.15) is 0 Å². The van der Waals surface area contributed by atoms with E-state index in [1.165, 1.54) is 6.21 Å². The number of thiol groups is 1. The van der Waals surface area contributed by atoms with E-state index >= 15 is 0 Å². The Labute approximate surface area is 36.6 Å². The number of hydrogen-bond donors (Lipinski definition) is 2. The van der Waals surface area contributed by atoms with Gasteiger partial charge in [-0.3, -0.25) is 0 Å². The van der Waals surface area contributed by atoms with Gasteiger partial charge < -0.3 is 5.73 Å². The highest BCUT2D eigenvalue weighted by atomic mass is 32.1. The van der Waals surface area contributed by atoms with E-state index in [1.807, 2.05) is 0 Å². The first-order valence-electron chi connectivity index (χ1n) is 1.27. The van der Waals surface area contributed by atoms with Crippen LogP contribution in [0, 0.1) is 0 Å². The minimum atomic E-state index is 0.476. The first-order chi connectivity index (χ1) is 2.41. The van der Waals surface area contributed by atoms with Gasteiger partial charge in [0, 0.05) is 12.8 Å². The molecule has 0 aromatic heterocycles. The van der Waals surface area contributed by atoms with Crippen LogP contribution < -0.4 is 5.73 Å². The Balaban J connectivity index is 2.62. The van der Waals surface area contributed by atoms with Crippen molar-refractivity contribution >= 4 is 19.0 Å². The molecule has 2 nitrogen and oxygen atoms in total. The van der Waals surface area contributed by atoms with Gasteiger partial charge in [-0.1, -0.05) is 0 Å². The Kier molecular flexibility index (Phi) is 3.96. The van der Waals surface area contributed by atoms with Crippen LogP contribution >= 0.6 is 12.8 Å². The van der Waals surface area contributed by atoms with Crippen LogP contribution in [0.15, 0.2) is 4.40 Å². The van der Waals surface area contributed by atoms with Gasteiger partial charge >= 0.3 is 0 Å². The van der Waals surface area contributed by atoms with Crippen LogP contribution in [0.1, 0.15) is 0 Å². The molecule has 0 bridgehead atoms. The Morgan fingerprint density at radius 1 is 2.00 bits per heavy atom. The normalized spacial score (nSPS) is 10.0. The second kappa shape index (κ2) is 3.98. The summed E-state index contributed by atoms with van der Waals surface area (Å²) in [5.74, 6) is 0. The van der Waals surface area contributed by atoms with Crippen molar-refractivity contribution in [1.29, 1.82) is 0 Å². The summed E-state index contributed by atoms with van der Waals surface area (Å²) in [4.78, 5) is 0. The molecule has 0 atom stereocenters. The van der Waals surface area contributed by atoms with Crippen LogP contribution in [-0.4, -0.2) is 12.8 Å². The molecule has 0 aromatic carbocycles. The molecule has 0 spiro atoms. The first-order valence-corrected chi connectivity index (χ1v) is 1.67. The quantitative estimate of drug-likeness (QED) is 0.341. The van der Waals surface area contributed by atoms with Gasteiger partial charge in [-0.05, 0) is 12.8 Å². The molecule has 0 fully saturated rings. The van der Waals surface area contributed by atoms with Crippen LogP contribution in [0.5, 0.6) is 0 Å². The van der Waals surface area contributed by atoms with Crippen LogP contribution in [0.2, 0.25) is 0 Å². The van der Waals surface area contributed by atoms with Gasteiger partial charge in [0.2, 0.25) is 0 Å². The highest BCUT2D eigenvalue weighted by molar-refractivity contribution is 7.78. The van der Waals surface area contributed by atoms with Crippen molar-refractivity contribution in [2.45, 2.75) is 0 Å². The van der Waals surface area contributed by atoms with Crippen molar-refractivity contribution in [3.8, 4) is 0 Å². The molecule has 0 amide bonds.